The molecule has 0 unspecified atom stereocenters. The summed E-state index contributed by atoms with van der Waals surface area (Å²) in [4.78, 5) is 0. The van der Waals surface area contributed by atoms with E-state index in [4.69, 9.17) is 0 Å². The Bertz CT molecular complexity index is 452. The van der Waals surface area contributed by atoms with Crippen molar-refractivity contribution in [2.45, 2.75) is 25.8 Å². The molecule has 15 heavy (non-hydrogen) atoms. The van der Waals surface area contributed by atoms with Gasteiger partial charge in [0.25, 0.3) is 0 Å². The van der Waals surface area contributed by atoms with Crippen molar-refractivity contribution in [1.29, 1.82) is 0 Å². The molecule has 2 rings (SSSR count). The summed E-state index contributed by atoms with van der Waals surface area (Å²) in [7, 11) is -2.77. The molecule has 0 radical (unpaired) electrons. The van der Waals surface area contributed by atoms with E-state index in [0.29, 0.717) is 24.3 Å². The van der Waals surface area contributed by atoms with Crippen LogP contribution in [0, 0.1) is 10.5 Å². The van der Waals surface area contributed by atoms with Gasteiger partial charge in [0.1, 0.15) is 9.84 Å². The van der Waals surface area contributed by atoms with Crippen LogP contribution in [0.5, 0.6) is 0 Å². The van der Waals surface area contributed by atoms with Crippen LogP contribution in [-0.4, -0.2) is 29.7 Å². The summed E-state index contributed by atoms with van der Waals surface area (Å²) in [5.74, 6) is 0.598. The van der Waals surface area contributed by atoms with E-state index in [0.717, 1.165) is 9.26 Å². The Hall–Kier alpha value is -0.110. The van der Waals surface area contributed by atoms with E-state index in [1.165, 1.54) is 0 Å². The van der Waals surface area contributed by atoms with Gasteiger partial charge >= 0.3 is 0 Å². The Kier molecular flexibility index (Phi) is 3.07. The number of hydrogen-bond acceptors (Lipinski definition) is 3. The van der Waals surface area contributed by atoms with Crippen molar-refractivity contribution in [3.8, 4) is 0 Å². The van der Waals surface area contributed by atoms with Crippen molar-refractivity contribution >= 4 is 32.4 Å². The van der Waals surface area contributed by atoms with Gasteiger partial charge in [-0.25, -0.2) is 8.42 Å². The molecule has 84 valence electrons. The van der Waals surface area contributed by atoms with Gasteiger partial charge in [0, 0.05) is 5.69 Å². The second kappa shape index (κ2) is 4.04. The fourth-order valence-electron chi connectivity index (χ4n) is 1.89. The summed E-state index contributed by atoms with van der Waals surface area (Å²) in [5, 5.41) is 4.30. The molecule has 1 saturated heterocycles. The normalized spacial score (nSPS) is 21.7. The first kappa shape index (κ1) is 11.4. The van der Waals surface area contributed by atoms with Gasteiger partial charge in [-0.05, 0) is 42.4 Å². The molecule has 0 aliphatic carbocycles. The lowest BCUT2D eigenvalue weighted by atomic mass is 10.1. The lowest BCUT2D eigenvalue weighted by molar-refractivity contribution is 0.406. The summed E-state index contributed by atoms with van der Waals surface area (Å²) in [6.45, 7) is 2.03. The third-order valence-electron chi connectivity index (χ3n) is 2.85. The molecule has 1 aliphatic rings. The highest BCUT2D eigenvalue weighted by molar-refractivity contribution is 14.1. The van der Waals surface area contributed by atoms with Crippen LogP contribution >= 0.6 is 22.6 Å². The molecule has 1 aromatic rings. The average molecular weight is 340 g/mol. The quantitative estimate of drug-likeness (QED) is 0.729. The number of nitrogens with zero attached hydrogens (tertiary/aromatic N) is 2. The molecule has 0 amide bonds. The molecular weight excluding hydrogens is 327 g/mol. The van der Waals surface area contributed by atoms with E-state index in [-0.39, 0.29) is 6.04 Å². The van der Waals surface area contributed by atoms with Gasteiger partial charge in [0.15, 0.2) is 0 Å². The molecular formula is C9H13IN2O2S. The van der Waals surface area contributed by atoms with Crippen molar-refractivity contribution < 1.29 is 8.42 Å². The van der Waals surface area contributed by atoms with Crippen LogP contribution in [-0.2, 0) is 9.84 Å². The Morgan fingerprint density at radius 3 is 2.53 bits per heavy atom. The lowest BCUT2D eigenvalue weighted by Crippen LogP contribution is -2.26. The first-order valence-electron chi connectivity index (χ1n) is 4.89. The Balaban J connectivity index is 2.18. The molecule has 2 heterocycles. The van der Waals surface area contributed by atoms with Gasteiger partial charge in [-0.1, -0.05) is 0 Å². The van der Waals surface area contributed by atoms with E-state index in [9.17, 15) is 8.42 Å². The van der Waals surface area contributed by atoms with E-state index in [1.807, 2.05) is 17.8 Å². The van der Waals surface area contributed by atoms with Crippen LogP contribution in [0.3, 0.4) is 0 Å². The van der Waals surface area contributed by atoms with E-state index in [1.54, 1.807) is 0 Å². The monoisotopic (exact) mass is 340 g/mol. The molecule has 0 bridgehead atoms. The smallest absolute Gasteiger partial charge is 0.150 e. The molecule has 0 atom stereocenters. The van der Waals surface area contributed by atoms with Crippen molar-refractivity contribution in [1.82, 2.24) is 9.78 Å². The van der Waals surface area contributed by atoms with Crippen molar-refractivity contribution in [3.63, 3.8) is 0 Å². The molecule has 0 saturated carbocycles. The summed E-state index contributed by atoms with van der Waals surface area (Å²) in [6.07, 6.45) is 3.22. The van der Waals surface area contributed by atoms with E-state index >= 15 is 0 Å². The maximum atomic E-state index is 11.3. The zero-order chi connectivity index (χ0) is 11.1. The second-order valence-electron chi connectivity index (χ2n) is 3.91. The molecule has 1 aliphatic heterocycles. The predicted octanol–water partition coefficient (Wildman–Crippen LogP) is 1.55. The van der Waals surface area contributed by atoms with Gasteiger partial charge < -0.3 is 0 Å². The van der Waals surface area contributed by atoms with Crippen molar-refractivity contribution in [2.24, 2.45) is 0 Å². The van der Waals surface area contributed by atoms with Crippen LogP contribution in [0.1, 0.15) is 24.6 Å². The Morgan fingerprint density at radius 1 is 1.47 bits per heavy atom. The fraction of sp³-hybridized carbons (Fsp3) is 0.667. The SMILES string of the molecule is Cc1c(I)cnn1C1CCS(=O)(=O)CC1. The van der Waals surface area contributed by atoms with Crippen LogP contribution in [0.4, 0.5) is 0 Å². The zero-order valence-electron chi connectivity index (χ0n) is 8.48. The standard InChI is InChI=1S/C9H13IN2O2S/c1-7-9(10)6-11-12(7)8-2-4-15(13,14)5-3-8/h6,8H,2-5H2,1H3. The molecule has 0 aromatic carbocycles. The topological polar surface area (TPSA) is 52.0 Å². The fourth-order valence-corrected chi connectivity index (χ4v) is 3.73. The van der Waals surface area contributed by atoms with Crippen LogP contribution in [0.2, 0.25) is 0 Å². The first-order chi connectivity index (χ1) is 6.99. The molecule has 1 aromatic heterocycles. The van der Waals surface area contributed by atoms with E-state index in [2.05, 4.69) is 27.7 Å². The number of halogens is 1. The average Bonchev–Trinajstić information content (AvgIpc) is 2.49. The van der Waals surface area contributed by atoms with Gasteiger partial charge in [-0.2, -0.15) is 5.10 Å². The minimum atomic E-state index is -2.77. The summed E-state index contributed by atoms with van der Waals surface area (Å²) in [6, 6.07) is 0.261. The van der Waals surface area contributed by atoms with Gasteiger partial charge in [-0.3, -0.25) is 4.68 Å². The van der Waals surface area contributed by atoms with E-state index < -0.39 is 9.84 Å². The predicted molar refractivity (Wildman–Crippen MR) is 66.6 cm³/mol. The number of aromatic nitrogens is 2. The number of rotatable bonds is 1. The minimum Gasteiger partial charge on any atom is -0.266 e. The number of sulfone groups is 1. The molecule has 4 nitrogen and oxygen atoms in total. The molecule has 0 spiro atoms. The highest BCUT2D eigenvalue weighted by atomic mass is 127. The maximum Gasteiger partial charge on any atom is 0.150 e. The lowest BCUT2D eigenvalue weighted by Gasteiger charge is -2.23. The molecule has 0 N–H and O–H groups in total. The summed E-state index contributed by atoms with van der Waals surface area (Å²) >= 11 is 2.25. The van der Waals surface area contributed by atoms with Gasteiger partial charge in [-0.15, -0.1) is 0 Å². The third-order valence-corrected chi connectivity index (χ3v) is 5.63. The largest absolute Gasteiger partial charge is 0.266 e. The highest BCUT2D eigenvalue weighted by Gasteiger charge is 2.26. The molecule has 1 fully saturated rings. The van der Waals surface area contributed by atoms with Crippen LogP contribution in [0.25, 0.3) is 0 Å². The van der Waals surface area contributed by atoms with Crippen molar-refractivity contribution in [3.05, 3.63) is 15.5 Å². The third kappa shape index (κ3) is 2.35. The van der Waals surface area contributed by atoms with Crippen LogP contribution in [0.15, 0.2) is 6.20 Å². The van der Waals surface area contributed by atoms with Crippen molar-refractivity contribution in [2.75, 3.05) is 11.5 Å². The van der Waals surface area contributed by atoms with Gasteiger partial charge in [0.05, 0.1) is 27.3 Å². The Labute approximate surface area is 103 Å². The number of hydrogen-bond donors (Lipinski definition) is 0. The second-order valence-corrected chi connectivity index (χ2v) is 7.37. The minimum absolute atomic E-state index is 0.261. The summed E-state index contributed by atoms with van der Waals surface area (Å²) in [5.41, 5.74) is 1.14. The first-order valence-corrected chi connectivity index (χ1v) is 7.79. The maximum absolute atomic E-state index is 11.3. The zero-order valence-corrected chi connectivity index (χ0v) is 11.5. The molecule has 6 heteroatoms. The van der Waals surface area contributed by atoms with Crippen LogP contribution < -0.4 is 0 Å². The Morgan fingerprint density at radius 2 is 2.07 bits per heavy atom. The summed E-state index contributed by atoms with van der Waals surface area (Å²) < 4.78 is 25.7. The highest BCUT2D eigenvalue weighted by Crippen LogP contribution is 2.25. The van der Waals surface area contributed by atoms with Gasteiger partial charge in [0.2, 0.25) is 0 Å².